The lowest BCUT2D eigenvalue weighted by Crippen LogP contribution is -2.05. The molecule has 0 heterocycles. The van der Waals surface area contributed by atoms with Crippen LogP contribution in [-0.2, 0) is 11.2 Å². The predicted octanol–water partition coefficient (Wildman–Crippen LogP) is 1.85. The fraction of sp³-hybridized carbons (Fsp3) is 0.364. The third kappa shape index (κ3) is 3.75. The lowest BCUT2D eigenvalue weighted by Gasteiger charge is -2.02. The highest BCUT2D eigenvalue weighted by atomic mass is 19.1. The summed E-state index contributed by atoms with van der Waals surface area (Å²) in [5.41, 5.74) is 0.194. The Morgan fingerprint density at radius 1 is 1.33 bits per heavy atom. The summed E-state index contributed by atoms with van der Waals surface area (Å²) in [4.78, 5) is 11.2. The van der Waals surface area contributed by atoms with Gasteiger partial charge in [-0.05, 0) is 18.1 Å². The molecule has 0 aliphatic rings. The van der Waals surface area contributed by atoms with E-state index in [1.807, 2.05) is 0 Å². The van der Waals surface area contributed by atoms with Crippen LogP contribution in [0.25, 0.3) is 0 Å². The van der Waals surface area contributed by atoms with Gasteiger partial charge in [0.1, 0.15) is 17.4 Å². The van der Waals surface area contributed by atoms with E-state index in [0.717, 1.165) is 12.1 Å². The second-order valence-corrected chi connectivity index (χ2v) is 3.28. The monoisotopic (exact) mass is 214 g/mol. The quantitative estimate of drug-likeness (QED) is 0.812. The second-order valence-electron chi connectivity index (χ2n) is 3.28. The first-order valence-electron chi connectivity index (χ1n) is 4.70. The zero-order valence-corrected chi connectivity index (χ0v) is 8.17. The fourth-order valence-electron chi connectivity index (χ4n) is 1.24. The third-order valence-electron chi connectivity index (χ3n) is 2.02. The minimum absolute atomic E-state index is 0.0495. The smallest absolute Gasteiger partial charge is 0.137 e. The molecule has 0 radical (unpaired) electrons. The van der Waals surface area contributed by atoms with Crippen molar-refractivity contribution in [3.05, 3.63) is 35.4 Å². The van der Waals surface area contributed by atoms with E-state index in [1.54, 1.807) is 0 Å². The molecule has 0 spiro atoms. The molecule has 0 fully saturated rings. The summed E-state index contributed by atoms with van der Waals surface area (Å²) in [5, 5.41) is 8.50. The molecule has 1 aromatic rings. The van der Waals surface area contributed by atoms with Crippen LogP contribution in [0.3, 0.4) is 0 Å². The number of ketones is 1. The Labute approximate surface area is 86.5 Å². The van der Waals surface area contributed by atoms with Crippen LogP contribution in [0, 0.1) is 11.6 Å². The van der Waals surface area contributed by atoms with E-state index in [2.05, 4.69) is 0 Å². The van der Waals surface area contributed by atoms with E-state index < -0.39 is 11.6 Å². The number of aliphatic hydroxyl groups is 1. The molecule has 1 aromatic carbocycles. The molecule has 0 saturated carbocycles. The van der Waals surface area contributed by atoms with Crippen molar-refractivity contribution < 1.29 is 18.7 Å². The van der Waals surface area contributed by atoms with E-state index in [1.165, 1.54) is 6.07 Å². The average Bonchev–Trinajstić information content (AvgIpc) is 2.19. The van der Waals surface area contributed by atoms with Gasteiger partial charge in [0.25, 0.3) is 0 Å². The maximum Gasteiger partial charge on any atom is 0.137 e. The molecular weight excluding hydrogens is 202 g/mol. The van der Waals surface area contributed by atoms with Crippen LogP contribution in [0.15, 0.2) is 18.2 Å². The highest BCUT2D eigenvalue weighted by Gasteiger charge is 2.08. The Morgan fingerprint density at radius 3 is 2.67 bits per heavy atom. The number of carbonyl (C=O) groups excluding carboxylic acids is 1. The largest absolute Gasteiger partial charge is 0.396 e. The van der Waals surface area contributed by atoms with E-state index in [9.17, 15) is 13.6 Å². The molecule has 0 bridgehead atoms. The van der Waals surface area contributed by atoms with Crippen LogP contribution in [-0.4, -0.2) is 17.5 Å². The Morgan fingerprint density at radius 2 is 2.07 bits per heavy atom. The topological polar surface area (TPSA) is 37.3 Å². The van der Waals surface area contributed by atoms with Crippen molar-refractivity contribution in [1.29, 1.82) is 0 Å². The van der Waals surface area contributed by atoms with Gasteiger partial charge < -0.3 is 5.11 Å². The van der Waals surface area contributed by atoms with Crippen molar-refractivity contribution in [2.24, 2.45) is 0 Å². The van der Waals surface area contributed by atoms with Crippen molar-refractivity contribution in [3.63, 3.8) is 0 Å². The van der Waals surface area contributed by atoms with Crippen molar-refractivity contribution in [1.82, 2.24) is 0 Å². The second kappa shape index (κ2) is 5.56. The summed E-state index contributed by atoms with van der Waals surface area (Å²) in [7, 11) is 0. The Kier molecular flexibility index (Phi) is 4.37. The van der Waals surface area contributed by atoms with E-state index in [4.69, 9.17) is 5.11 Å². The lowest BCUT2D eigenvalue weighted by molar-refractivity contribution is -0.118. The van der Waals surface area contributed by atoms with Crippen molar-refractivity contribution >= 4 is 5.78 Å². The number of benzene rings is 1. The third-order valence-corrected chi connectivity index (χ3v) is 2.02. The summed E-state index contributed by atoms with van der Waals surface area (Å²) in [5.74, 6) is -1.51. The van der Waals surface area contributed by atoms with Gasteiger partial charge in [-0.3, -0.25) is 4.79 Å². The summed E-state index contributed by atoms with van der Waals surface area (Å²) >= 11 is 0. The molecule has 0 unspecified atom stereocenters. The molecule has 0 saturated heterocycles. The number of hydrogen-bond acceptors (Lipinski definition) is 2. The molecule has 4 heteroatoms. The minimum atomic E-state index is -0.702. The Bertz CT molecular complexity index is 350. The van der Waals surface area contributed by atoms with Gasteiger partial charge in [-0.1, -0.05) is 6.07 Å². The molecule has 0 amide bonds. The van der Waals surface area contributed by atoms with E-state index >= 15 is 0 Å². The molecule has 0 aromatic heterocycles. The average molecular weight is 214 g/mol. The van der Waals surface area contributed by atoms with Crippen LogP contribution in [0.5, 0.6) is 0 Å². The van der Waals surface area contributed by atoms with Crippen LogP contribution in [0.1, 0.15) is 18.4 Å². The van der Waals surface area contributed by atoms with Gasteiger partial charge in [0.15, 0.2) is 0 Å². The van der Waals surface area contributed by atoms with E-state index in [-0.39, 0.29) is 30.8 Å². The Balaban J connectivity index is 2.60. The number of Topliss-reactive ketones (excluding diaryl/α,β-unsaturated/α-hetero) is 1. The number of aliphatic hydroxyl groups excluding tert-OH is 1. The molecule has 82 valence electrons. The van der Waals surface area contributed by atoms with Gasteiger partial charge in [0.05, 0.1) is 0 Å². The van der Waals surface area contributed by atoms with Crippen LogP contribution < -0.4 is 0 Å². The molecule has 1 N–H and O–H groups in total. The zero-order valence-electron chi connectivity index (χ0n) is 8.17. The first-order chi connectivity index (χ1) is 7.13. The lowest BCUT2D eigenvalue weighted by atomic mass is 10.1. The first kappa shape index (κ1) is 11.8. The standard InChI is InChI=1S/C11H12F2O2/c12-9-4-3-8(11(13)7-9)6-10(15)2-1-5-14/h3-4,7,14H,1-2,5-6H2. The fourth-order valence-corrected chi connectivity index (χ4v) is 1.24. The SMILES string of the molecule is O=C(CCCO)Cc1ccc(F)cc1F. The van der Waals surface area contributed by atoms with Crippen molar-refractivity contribution in [2.45, 2.75) is 19.3 Å². The zero-order chi connectivity index (χ0) is 11.3. The predicted molar refractivity (Wildman–Crippen MR) is 51.4 cm³/mol. The summed E-state index contributed by atoms with van der Waals surface area (Å²) in [6.07, 6.45) is 0.543. The van der Waals surface area contributed by atoms with Crippen LogP contribution >= 0.6 is 0 Å². The summed E-state index contributed by atoms with van der Waals surface area (Å²) in [6, 6.07) is 3.15. The summed E-state index contributed by atoms with van der Waals surface area (Å²) in [6.45, 7) is -0.0579. The molecule has 1 rings (SSSR count). The molecule has 2 nitrogen and oxygen atoms in total. The molecule has 0 aliphatic heterocycles. The number of rotatable bonds is 5. The van der Waals surface area contributed by atoms with Gasteiger partial charge in [-0.15, -0.1) is 0 Å². The van der Waals surface area contributed by atoms with Gasteiger partial charge in [0.2, 0.25) is 0 Å². The van der Waals surface area contributed by atoms with Gasteiger partial charge in [0, 0.05) is 25.5 Å². The molecular formula is C11H12F2O2. The highest BCUT2D eigenvalue weighted by Crippen LogP contribution is 2.11. The van der Waals surface area contributed by atoms with Gasteiger partial charge in [-0.25, -0.2) is 8.78 Å². The van der Waals surface area contributed by atoms with Crippen LogP contribution in [0.4, 0.5) is 8.78 Å². The number of carbonyl (C=O) groups is 1. The maximum absolute atomic E-state index is 13.1. The molecule has 0 atom stereocenters. The maximum atomic E-state index is 13.1. The van der Waals surface area contributed by atoms with Gasteiger partial charge in [-0.2, -0.15) is 0 Å². The first-order valence-corrected chi connectivity index (χ1v) is 4.70. The summed E-state index contributed by atoms with van der Waals surface area (Å²) < 4.78 is 25.6. The van der Waals surface area contributed by atoms with E-state index in [0.29, 0.717) is 6.42 Å². The normalized spacial score (nSPS) is 10.3. The van der Waals surface area contributed by atoms with Crippen molar-refractivity contribution in [3.8, 4) is 0 Å². The number of halogens is 2. The number of hydrogen-bond donors (Lipinski definition) is 1. The van der Waals surface area contributed by atoms with Gasteiger partial charge >= 0.3 is 0 Å². The Hall–Kier alpha value is -1.29. The van der Waals surface area contributed by atoms with Crippen LogP contribution in [0.2, 0.25) is 0 Å². The minimum Gasteiger partial charge on any atom is -0.396 e. The molecule has 15 heavy (non-hydrogen) atoms. The van der Waals surface area contributed by atoms with Crippen molar-refractivity contribution in [2.75, 3.05) is 6.61 Å². The molecule has 0 aliphatic carbocycles. The highest BCUT2D eigenvalue weighted by molar-refractivity contribution is 5.80.